The van der Waals surface area contributed by atoms with E-state index in [0.717, 1.165) is 6.54 Å². The summed E-state index contributed by atoms with van der Waals surface area (Å²) in [6.07, 6.45) is 2.41. The van der Waals surface area contributed by atoms with Gasteiger partial charge in [0.05, 0.1) is 13.1 Å². The fraction of sp³-hybridized carbons (Fsp3) is 1.00. The van der Waals surface area contributed by atoms with E-state index in [-0.39, 0.29) is 13.1 Å². The van der Waals surface area contributed by atoms with Crippen LogP contribution in [0.2, 0.25) is 0 Å². The Morgan fingerprint density at radius 1 is 1.27 bits per heavy atom. The van der Waals surface area contributed by atoms with Gasteiger partial charge in [0.1, 0.15) is 0 Å². The van der Waals surface area contributed by atoms with Gasteiger partial charge in [0.2, 0.25) is 0 Å². The monoisotopic (exact) mass is 216 g/mol. The largest absolute Gasteiger partial charge is 0.300 e. The van der Waals surface area contributed by atoms with E-state index in [4.69, 9.17) is 0 Å². The molecule has 0 aromatic rings. The van der Waals surface area contributed by atoms with Crippen molar-refractivity contribution < 1.29 is 8.78 Å². The van der Waals surface area contributed by atoms with Gasteiger partial charge in [0.15, 0.2) is 0 Å². The maximum atomic E-state index is 12.7. The predicted octanol–water partition coefficient (Wildman–Crippen LogP) is 1.42. The molecule has 0 amide bonds. The standard InChI is InChI=1S/C11H18F2N2/c1-8-3-10(4-9(10)14(8)2)5-15-6-11(12,13)7-15/h8-9H,3-7H2,1-2H3/t8-,9?,10+/m1/s1. The van der Waals surface area contributed by atoms with Crippen molar-refractivity contribution in [3.05, 3.63) is 0 Å². The lowest BCUT2D eigenvalue weighted by Crippen LogP contribution is -2.57. The van der Waals surface area contributed by atoms with Crippen molar-refractivity contribution >= 4 is 0 Å². The molecule has 1 aliphatic carbocycles. The quantitative estimate of drug-likeness (QED) is 0.689. The van der Waals surface area contributed by atoms with Gasteiger partial charge < -0.3 is 4.90 Å². The second-order valence-electron chi connectivity index (χ2n) is 5.80. The van der Waals surface area contributed by atoms with Crippen LogP contribution >= 0.6 is 0 Å². The Morgan fingerprint density at radius 2 is 1.93 bits per heavy atom. The van der Waals surface area contributed by atoms with Gasteiger partial charge in [-0.2, -0.15) is 0 Å². The van der Waals surface area contributed by atoms with Crippen LogP contribution in [-0.2, 0) is 0 Å². The molecule has 1 unspecified atom stereocenters. The highest BCUT2D eigenvalue weighted by Gasteiger charge is 2.63. The Hall–Kier alpha value is -0.220. The summed E-state index contributed by atoms with van der Waals surface area (Å²) >= 11 is 0. The summed E-state index contributed by atoms with van der Waals surface area (Å²) in [7, 11) is 2.16. The first-order valence-corrected chi connectivity index (χ1v) is 5.74. The second-order valence-corrected chi connectivity index (χ2v) is 5.80. The Bertz CT molecular complexity index is 286. The van der Waals surface area contributed by atoms with Crippen LogP contribution in [0.25, 0.3) is 0 Å². The molecule has 0 bridgehead atoms. The van der Waals surface area contributed by atoms with Gasteiger partial charge in [-0.05, 0) is 26.8 Å². The Balaban J connectivity index is 1.58. The zero-order valence-corrected chi connectivity index (χ0v) is 9.34. The third kappa shape index (κ3) is 1.41. The molecule has 0 radical (unpaired) electrons. The van der Waals surface area contributed by atoms with Crippen molar-refractivity contribution in [1.29, 1.82) is 0 Å². The van der Waals surface area contributed by atoms with E-state index in [9.17, 15) is 8.78 Å². The molecule has 0 spiro atoms. The fourth-order valence-electron chi connectivity index (χ4n) is 3.56. The number of likely N-dealkylation sites (tertiary alicyclic amines) is 2. The summed E-state index contributed by atoms with van der Waals surface area (Å²) < 4.78 is 25.4. The number of hydrogen-bond acceptors (Lipinski definition) is 2. The number of rotatable bonds is 2. The number of alkyl halides is 2. The topological polar surface area (TPSA) is 6.48 Å². The van der Waals surface area contributed by atoms with Gasteiger partial charge in [0.25, 0.3) is 5.92 Å². The van der Waals surface area contributed by atoms with Gasteiger partial charge in [-0.1, -0.05) is 0 Å². The van der Waals surface area contributed by atoms with E-state index in [1.807, 2.05) is 4.90 Å². The molecule has 2 heterocycles. The van der Waals surface area contributed by atoms with E-state index in [0.29, 0.717) is 17.5 Å². The van der Waals surface area contributed by atoms with Crippen molar-refractivity contribution in [3.8, 4) is 0 Å². The molecular formula is C11H18F2N2. The zero-order valence-electron chi connectivity index (χ0n) is 9.34. The van der Waals surface area contributed by atoms with E-state index in [2.05, 4.69) is 18.9 Å². The molecule has 4 heteroatoms. The summed E-state index contributed by atoms with van der Waals surface area (Å²) in [6.45, 7) is 3.10. The Kier molecular flexibility index (Phi) is 1.81. The highest BCUT2D eigenvalue weighted by atomic mass is 19.3. The molecule has 0 N–H and O–H groups in total. The highest BCUT2D eigenvalue weighted by molar-refractivity contribution is 5.17. The van der Waals surface area contributed by atoms with Crippen molar-refractivity contribution in [1.82, 2.24) is 9.80 Å². The zero-order chi connectivity index (χ0) is 10.8. The smallest absolute Gasteiger partial charge is 0.272 e. The molecule has 0 aromatic carbocycles. The normalized spacial score (nSPS) is 48.8. The summed E-state index contributed by atoms with van der Waals surface area (Å²) in [6, 6.07) is 1.30. The minimum atomic E-state index is -2.41. The summed E-state index contributed by atoms with van der Waals surface area (Å²) in [4.78, 5) is 4.34. The predicted molar refractivity (Wildman–Crippen MR) is 54.1 cm³/mol. The maximum absolute atomic E-state index is 12.7. The number of piperidine rings is 1. The molecule has 3 rings (SSSR count). The maximum Gasteiger partial charge on any atom is 0.272 e. The Labute approximate surface area is 89.2 Å². The average Bonchev–Trinajstić information content (AvgIpc) is 2.68. The summed E-state index contributed by atoms with van der Waals surface area (Å²) in [5.74, 6) is -2.41. The van der Waals surface area contributed by atoms with Gasteiger partial charge in [0, 0.05) is 24.0 Å². The van der Waals surface area contributed by atoms with E-state index in [1.165, 1.54) is 12.8 Å². The number of fused-ring (bicyclic) bond motifs is 1. The van der Waals surface area contributed by atoms with Crippen LogP contribution in [0.5, 0.6) is 0 Å². The SMILES string of the molecule is C[C@@H]1C[C@@]2(CN3CC(F)(F)C3)CC2N1C. The van der Waals surface area contributed by atoms with Gasteiger partial charge in [-0.15, -0.1) is 0 Å². The molecular weight excluding hydrogens is 198 g/mol. The lowest BCUT2D eigenvalue weighted by atomic mass is 9.97. The van der Waals surface area contributed by atoms with Gasteiger partial charge in [-0.3, -0.25) is 4.90 Å². The lowest BCUT2D eigenvalue weighted by molar-refractivity contribution is -0.135. The van der Waals surface area contributed by atoms with Gasteiger partial charge >= 0.3 is 0 Å². The van der Waals surface area contributed by atoms with Crippen LogP contribution in [-0.4, -0.2) is 54.5 Å². The number of nitrogens with zero attached hydrogens (tertiary/aromatic N) is 2. The van der Waals surface area contributed by atoms with E-state index in [1.54, 1.807) is 0 Å². The fourth-order valence-corrected chi connectivity index (χ4v) is 3.56. The molecule has 15 heavy (non-hydrogen) atoms. The first kappa shape index (κ1) is 9.97. The van der Waals surface area contributed by atoms with Crippen LogP contribution in [0.3, 0.4) is 0 Å². The second kappa shape index (κ2) is 2.72. The van der Waals surface area contributed by atoms with Crippen molar-refractivity contribution in [2.45, 2.75) is 37.8 Å². The molecule has 3 fully saturated rings. The highest BCUT2D eigenvalue weighted by Crippen LogP contribution is 2.59. The number of hydrogen-bond donors (Lipinski definition) is 0. The molecule has 2 saturated heterocycles. The van der Waals surface area contributed by atoms with Crippen LogP contribution in [0, 0.1) is 5.41 Å². The lowest BCUT2D eigenvalue weighted by Gasteiger charge is -2.40. The average molecular weight is 216 g/mol. The molecule has 2 aliphatic heterocycles. The van der Waals surface area contributed by atoms with Crippen molar-refractivity contribution in [3.63, 3.8) is 0 Å². The molecule has 3 aliphatic rings. The molecule has 86 valence electrons. The van der Waals surface area contributed by atoms with Crippen LogP contribution in [0.15, 0.2) is 0 Å². The van der Waals surface area contributed by atoms with Crippen LogP contribution in [0.1, 0.15) is 19.8 Å². The number of halogens is 2. The first-order valence-electron chi connectivity index (χ1n) is 5.74. The van der Waals surface area contributed by atoms with Gasteiger partial charge in [-0.25, -0.2) is 8.78 Å². The van der Waals surface area contributed by atoms with E-state index >= 15 is 0 Å². The summed E-state index contributed by atoms with van der Waals surface area (Å²) in [5, 5.41) is 0. The third-order valence-electron chi connectivity index (χ3n) is 4.48. The van der Waals surface area contributed by atoms with Crippen LogP contribution in [0.4, 0.5) is 8.78 Å². The third-order valence-corrected chi connectivity index (χ3v) is 4.48. The molecule has 1 saturated carbocycles. The molecule has 3 atom stereocenters. The Morgan fingerprint density at radius 3 is 2.40 bits per heavy atom. The van der Waals surface area contributed by atoms with Crippen molar-refractivity contribution in [2.24, 2.45) is 5.41 Å². The minimum absolute atomic E-state index is 0.0143. The minimum Gasteiger partial charge on any atom is -0.300 e. The summed E-state index contributed by atoms with van der Waals surface area (Å²) in [5.41, 5.74) is 0.366. The van der Waals surface area contributed by atoms with E-state index < -0.39 is 5.92 Å². The first-order chi connectivity index (χ1) is 6.92. The van der Waals surface area contributed by atoms with Crippen molar-refractivity contribution in [2.75, 3.05) is 26.7 Å². The molecule has 0 aromatic heterocycles. The van der Waals surface area contributed by atoms with Crippen LogP contribution < -0.4 is 0 Å². The molecule has 2 nitrogen and oxygen atoms in total.